The molecular weight excluding hydrogens is 412 g/mol. The number of carbonyl (C=O) groups excluding carboxylic acids is 1. The van der Waals surface area contributed by atoms with Crippen LogP contribution in [-0.2, 0) is 23.0 Å². The summed E-state index contributed by atoms with van der Waals surface area (Å²) in [4.78, 5) is 15.4. The van der Waals surface area contributed by atoms with Gasteiger partial charge in [0.05, 0.1) is 17.7 Å². The van der Waals surface area contributed by atoms with Gasteiger partial charge in [-0.3, -0.25) is 4.79 Å². The molecule has 1 saturated heterocycles. The number of nitrogens with one attached hydrogen (secondary N) is 1. The lowest BCUT2D eigenvalue weighted by Crippen LogP contribution is -2.37. The molecule has 2 heterocycles. The summed E-state index contributed by atoms with van der Waals surface area (Å²) in [5.74, 6) is 0.409. The molecule has 1 fully saturated rings. The molecule has 1 aromatic heterocycles. The first-order valence-corrected chi connectivity index (χ1v) is 11.9. The Morgan fingerprint density at radius 2 is 1.94 bits per heavy atom. The van der Waals surface area contributed by atoms with E-state index in [1.54, 1.807) is 18.2 Å². The van der Waals surface area contributed by atoms with Crippen molar-refractivity contribution in [1.82, 2.24) is 9.62 Å². The van der Waals surface area contributed by atoms with Gasteiger partial charge in [-0.25, -0.2) is 13.1 Å². The molecule has 162 valence electrons. The van der Waals surface area contributed by atoms with Crippen molar-refractivity contribution in [2.24, 2.45) is 0 Å². The lowest BCUT2D eigenvalue weighted by molar-refractivity contribution is 0.0735. The van der Waals surface area contributed by atoms with Crippen LogP contribution >= 0.6 is 0 Å². The van der Waals surface area contributed by atoms with Crippen LogP contribution in [0, 0.1) is 6.92 Å². The molecular formula is C24H26N2O4S. The van der Waals surface area contributed by atoms with Crippen molar-refractivity contribution in [3.05, 3.63) is 89.4 Å². The Balaban J connectivity index is 1.53. The number of hydrogen-bond acceptors (Lipinski definition) is 4. The summed E-state index contributed by atoms with van der Waals surface area (Å²) in [6, 6.07) is 18.4. The molecule has 4 rings (SSSR count). The van der Waals surface area contributed by atoms with Crippen LogP contribution in [0.15, 0.2) is 76.2 Å². The van der Waals surface area contributed by atoms with Crippen LogP contribution < -0.4 is 4.72 Å². The molecule has 1 unspecified atom stereocenters. The van der Waals surface area contributed by atoms with Crippen molar-refractivity contribution in [2.45, 2.75) is 43.7 Å². The lowest BCUT2D eigenvalue weighted by atomic mass is 10.0. The summed E-state index contributed by atoms with van der Waals surface area (Å²) in [7, 11) is -3.78. The molecule has 0 aliphatic carbocycles. The predicted octanol–water partition coefficient (Wildman–Crippen LogP) is 3.91. The number of benzene rings is 2. The van der Waals surface area contributed by atoms with Crippen molar-refractivity contribution >= 4 is 15.9 Å². The predicted molar refractivity (Wildman–Crippen MR) is 118 cm³/mol. The molecule has 0 bridgehead atoms. The molecule has 0 radical (unpaired) electrons. The fraction of sp³-hybridized carbons (Fsp3) is 0.292. The Morgan fingerprint density at radius 3 is 2.68 bits per heavy atom. The maximum Gasteiger partial charge on any atom is 0.254 e. The Kier molecular flexibility index (Phi) is 6.25. The number of furan rings is 1. The summed E-state index contributed by atoms with van der Waals surface area (Å²) < 4.78 is 33.2. The Labute approximate surface area is 182 Å². The van der Waals surface area contributed by atoms with Gasteiger partial charge in [-0.15, -0.1) is 0 Å². The second kappa shape index (κ2) is 9.08. The highest BCUT2D eigenvalue weighted by molar-refractivity contribution is 7.89. The van der Waals surface area contributed by atoms with Crippen LogP contribution in [0.3, 0.4) is 0 Å². The van der Waals surface area contributed by atoms with E-state index < -0.39 is 10.0 Å². The number of sulfonamides is 1. The largest absolute Gasteiger partial charge is 0.468 e. The van der Waals surface area contributed by atoms with Gasteiger partial charge in [0.15, 0.2) is 0 Å². The van der Waals surface area contributed by atoms with E-state index in [4.69, 9.17) is 4.42 Å². The number of nitrogens with zero attached hydrogens (tertiary/aromatic N) is 1. The van der Waals surface area contributed by atoms with E-state index >= 15 is 0 Å². The number of rotatable bonds is 7. The first-order chi connectivity index (χ1) is 14.9. The van der Waals surface area contributed by atoms with E-state index in [0.717, 1.165) is 24.8 Å². The average molecular weight is 439 g/mol. The smallest absolute Gasteiger partial charge is 0.254 e. The topological polar surface area (TPSA) is 79.6 Å². The summed E-state index contributed by atoms with van der Waals surface area (Å²) in [5, 5.41) is 0. The standard InChI is InChI=1S/C24H26N2O4S/c1-18-11-12-22(31(28,29)25-17-21-10-6-14-30-21)16-23(18)24(27)26-13-5-9-20(26)15-19-7-3-2-4-8-19/h2-4,6-8,10-12,14,16,20,25H,5,9,13,15,17H2,1H3. The zero-order chi connectivity index (χ0) is 21.8. The SMILES string of the molecule is Cc1ccc(S(=O)(=O)NCc2ccco2)cc1C(=O)N1CCCC1Cc1ccccc1. The highest BCUT2D eigenvalue weighted by Gasteiger charge is 2.31. The molecule has 31 heavy (non-hydrogen) atoms. The van der Waals surface area contributed by atoms with E-state index in [1.807, 2.05) is 30.0 Å². The van der Waals surface area contributed by atoms with Crippen LogP contribution in [0.2, 0.25) is 0 Å². The van der Waals surface area contributed by atoms with Crippen molar-refractivity contribution in [3.8, 4) is 0 Å². The van der Waals surface area contributed by atoms with E-state index in [1.165, 1.54) is 24.0 Å². The molecule has 1 aliphatic rings. The summed E-state index contributed by atoms with van der Waals surface area (Å²) in [6.07, 6.45) is 4.19. The maximum atomic E-state index is 13.4. The van der Waals surface area contributed by atoms with Crippen LogP contribution in [0.5, 0.6) is 0 Å². The first-order valence-electron chi connectivity index (χ1n) is 10.4. The van der Waals surface area contributed by atoms with Gasteiger partial charge in [-0.1, -0.05) is 36.4 Å². The Morgan fingerprint density at radius 1 is 1.13 bits per heavy atom. The fourth-order valence-corrected chi connectivity index (χ4v) is 5.04. The molecule has 1 N–H and O–H groups in total. The van der Waals surface area contributed by atoms with Gasteiger partial charge < -0.3 is 9.32 Å². The van der Waals surface area contributed by atoms with Gasteiger partial charge in [-0.05, 0) is 61.6 Å². The number of amides is 1. The van der Waals surface area contributed by atoms with Crippen LogP contribution in [-0.4, -0.2) is 31.8 Å². The zero-order valence-electron chi connectivity index (χ0n) is 17.5. The molecule has 7 heteroatoms. The van der Waals surface area contributed by atoms with Crippen LogP contribution in [0.1, 0.15) is 40.1 Å². The fourth-order valence-electron chi connectivity index (χ4n) is 4.02. The monoisotopic (exact) mass is 438 g/mol. The van der Waals surface area contributed by atoms with Crippen molar-refractivity contribution in [2.75, 3.05) is 6.54 Å². The third-order valence-corrected chi connectivity index (χ3v) is 7.12. The second-order valence-electron chi connectivity index (χ2n) is 7.86. The van der Waals surface area contributed by atoms with E-state index in [2.05, 4.69) is 16.9 Å². The van der Waals surface area contributed by atoms with Crippen molar-refractivity contribution in [1.29, 1.82) is 0 Å². The molecule has 0 spiro atoms. The highest BCUT2D eigenvalue weighted by atomic mass is 32.2. The first kappa shape index (κ1) is 21.3. The van der Waals surface area contributed by atoms with E-state index in [9.17, 15) is 13.2 Å². The molecule has 6 nitrogen and oxygen atoms in total. The normalized spacial score (nSPS) is 16.5. The minimum absolute atomic E-state index is 0.0533. The van der Waals surface area contributed by atoms with Gasteiger partial charge >= 0.3 is 0 Å². The van der Waals surface area contributed by atoms with Crippen LogP contribution in [0.25, 0.3) is 0 Å². The van der Waals surface area contributed by atoms with Gasteiger partial charge in [0.25, 0.3) is 5.91 Å². The Hall–Kier alpha value is -2.90. The molecule has 1 atom stereocenters. The van der Waals surface area contributed by atoms with Gasteiger partial charge in [0.1, 0.15) is 5.76 Å². The highest BCUT2D eigenvalue weighted by Crippen LogP contribution is 2.26. The minimum atomic E-state index is -3.78. The van der Waals surface area contributed by atoms with E-state index in [-0.39, 0.29) is 23.4 Å². The number of likely N-dealkylation sites (tertiary alicyclic amines) is 1. The van der Waals surface area contributed by atoms with Gasteiger partial charge in [0.2, 0.25) is 10.0 Å². The van der Waals surface area contributed by atoms with Gasteiger partial charge in [0, 0.05) is 18.2 Å². The molecule has 1 amide bonds. The maximum absolute atomic E-state index is 13.4. The minimum Gasteiger partial charge on any atom is -0.468 e. The number of aryl methyl sites for hydroxylation is 1. The summed E-state index contributed by atoms with van der Waals surface area (Å²) >= 11 is 0. The van der Waals surface area contributed by atoms with E-state index in [0.29, 0.717) is 17.9 Å². The van der Waals surface area contributed by atoms with Crippen LogP contribution in [0.4, 0.5) is 0 Å². The Bertz CT molecular complexity index is 1140. The van der Waals surface area contributed by atoms with Crippen molar-refractivity contribution < 1.29 is 17.6 Å². The quantitative estimate of drug-likeness (QED) is 0.607. The number of carbonyl (C=O) groups is 1. The van der Waals surface area contributed by atoms with Gasteiger partial charge in [-0.2, -0.15) is 0 Å². The molecule has 3 aromatic rings. The molecule has 1 aliphatic heterocycles. The zero-order valence-corrected chi connectivity index (χ0v) is 18.3. The lowest BCUT2D eigenvalue weighted by Gasteiger charge is -2.26. The number of hydrogen-bond donors (Lipinski definition) is 1. The summed E-state index contributed by atoms with van der Waals surface area (Å²) in [6.45, 7) is 2.57. The molecule has 2 aromatic carbocycles. The summed E-state index contributed by atoms with van der Waals surface area (Å²) in [5.41, 5.74) is 2.39. The van der Waals surface area contributed by atoms with Crippen molar-refractivity contribution in [3.63, 3.8) is 0 Å². The molecule has 0 saturated carbocycles. The third-order valence-electron chi connectivity index (χ3n) is 5.72. The average Bonchev–Trinajstić information content (AvgIpc) is 3.45. The second-order valence-corrected chi connectivity index (χ2v) is 9.63. The third kappa shape index (κ3) is 4.89.